The molecule has 5 nitrogen and oxygen atoms in total. The molecule has 100 valence electrons. The van der Waals surface area contributed by atoms with Gasteiger partial charge in [-0.25, -0.2) is 4.98 Å². The first kappa shape index (κ1) is 12.9. The summed E-state index contributed by atoms with van der Waals surface area (Å²) in [6, 6.07) is 0. The van der Waals surface area contributed by atoms with E-state index < -0.39 is 11.4 Å². The molecule has 1 aliphatic carbocycles. The van der Waals surface area contributed by atoms with Gasteiger partial charge in [-0.3, -0.25) is 4.79 Å². The first-order valence-corrected chi connectivity index (χ1v) is 6.59. The molecule has 2 rings (SSSR count). The molecule has 0 unspecified atom stereocenters. The zero-order valence-corrected chi connectivity index (χ0v) is 10.9. The van der Waals surface area contributed by atoms with Crippen LogP contribution >= 0.6 is 0 Å². The molecule has 1 fully saturated rings. The van der Waals surface area contributed by atoms with Crippen molar-refractivity contribution in [2.45, 2.75) is 38.5 Å². The predicted octanol–water partition coefficient (Wildman–Crippen LogP) is 2.26. The third-order valence-electron chi connectivity index (χ3n) is 3.92. The average molecular weight is 251 g/mol. The number of carboxylic acids is 1. The van der Waals surface area contributed by atoms with Crippen molar-refractivity contribution in [3.63, 3.8) is 0 Å². The highest BCUT2D eigenvalue weighted by molar-refractivity contribution is 5.75. The highest BCUT2D eigenvalue weighted by Gasteiger charge is 2.38. The normalized spacial score (nSPS) is 19.2. The van der Waals surface area contributed by atoms with Crippen LogP contribution in [0.4, 0.5) is 5.95 Å². The molecule has 0 saturated heterocycles. The van der Waals surface area contributed by atoms with Gasteiger partial charge >= 0.3 is 5.97 Å². The molecule has 1 heterocycles. The Morgan fingerprint density at radius 2 is 2.11 bits per heavy atom. The quantitative estimate of drug-likeness (QED) is 0.805. The minimum absolute atomic E-state index is 0.465. The zero-order chi connectivity index (χ0) is 13.0. The number of nitrogens with zero attached hydrogens (tertiary/aromatic N) is 2. The number of hydrogen-bond acceptors (Lipinski definition) is 3. The van der Waals surface area contributed by atoms with Crippen LogP contribution in [0.25, 0.3) is 0 Å². The summed E-state index contributed by atoms with van der Waals surface area (Å²) in [5, 5.41) is 12.7. The second-order valence-corrected chi connectivity index (χ2v) is 5.22. The van der Waals surface area contributed by atoms with Gasteiger partial charge < -0.3 is 15.0 Å². The number of carbonyl (C=O) groups is 1. The first-order valence-electron chi connectivity index (χ1n) is 6.59. The van der Waals surface area contributed by atoms with Crippen LogP contribution in [0.2, 0.25) is 0 Å². The van der Waals surface area contributed by atoms with E-state index in [0.717, 1.165) is 44.5 Å². The summed E-state index contributed by atoms with van der Waals surface area (Å²) in [5.74, 6) is 0.0611. The summed E-state index contributed by atoms with van der Waals surface area (Å²) in [5.41, 5.74) is -0.623. The number of aliphatic carboxylic acids is 1. The monoisotopic (exact) mass is 251 g/mol. The molecule has 1 aromatic heterocycles. The van der Waals surface area contributed by atoms with Crippen LogP contribution in [0.5, 0.6) is 0 Å². The van der Waals surface area contributed by atoms with Crippen molar-refractivity contribution in [2.24, 2.45) is 12.5 Å². The van der Waals surface area contributed by atoms with Gasteiger partial charge in [-0.05, 0) is 12.8 Å². The van der Waals surface area contributed by atoms with Crippen molar-refractivity contribution in [1.29, 1.82) is 0 Å². The van der Waals surface area contributed by atoms with Gasteiger partial charge in [0.15, 0.2) is 0 Å². The van der Waals surface area contributed by atoms with Crippen molar-refractivity contribution in [1.82, 2.24) is 9.55 Å². The third-order valence-corrected chi connectivity index (χ3v) is 3.92. The SMILES string of the molecule is Cn1ccnc1NCC1(C(=O)O)CCCCCC1. The highest BCUT2D eigenvalue weighted by Crippen LogP contribution is 2.35. The van der Waals surface area contributed by atoms with Crippen LogP contribution in [0.3, 0.4) is 0 Å². The van der Waals surface area contributed by atoms with Crippen molar-refractivity contribution < 1.29 is 9.90 Å². The van der Waals surface area contributed by atoms with E-state index in [4.69, 9.17) is 0 Å². The number of aryl methyl sites for hydroxylation is 1. The molecule has 2 N–H and O–H groups in total. The molecule has 0 amide bonds. The fourth-order valence-electron chi connectivity index (χ4n) is 2.66. The largest absolute Gasteiger partial charge is 0.481 e. The molecule has 0 radical (unpaired) electrons. The molecule has 5 heteroatoms. The minimum Gasteiger partial charge on any atom is -0.481 e. The maximum Gasteiger partial charge on any atom is 0.311 e. The van der Waals surface area contributed by atoms with Gasteiger partial charge in [0.2, 0.25) is 5.95 Å². The van der Waals surface area contributed by atoms with Gasteiger partial charge in [0.1, 0.15) is 0 Å². The van der Waals surface area contributed by atoms with E-state index in [-0.39, 0.29) is 0 Å². The number of imidazole rings is 1. The lowest BCUT2D eigenvalue weighted by Gasteiger charge is -2.28. The summed E-state index contributed by atoms with van der Waals surface area (Å²) in [7, 11) is 1.90. The van der Waals surface area contributed by atoms with Crippen LogP contribution in [-0.2, 0) is 11.8 Å². The molecule has 0 bridgehead atoms. The average Bonchev–Trinajstić information content (AvgIpc) is 2.63. The van der Waals surface area contributed by atoms with Crippen LogP contribution in [-0.4, -0.2) is 27.2 Å². The lowest BCUT2D eigenvalue weighted by molar-refractivity contribution is -0.149. The number of carboxylic acid groups (broad SMARTS) is 1. The maximum atomic E-state index is 11.6. The molecule has 1 aromatic rings. The van der Waals surface area contributed by atoms with E-state index in [0.29, 0.717) is 6.54 Å². The Morgan fingerprint density at radius 3 is 2.61 bits per heavy atom. The first-order chi connectivity index (χ1) is 8.64. The molecule has 1 aliphatic rings. The Bertz CT molecular complexity index is 406. The number of hydrogen-bond donors (Lipinski definition) is 2. The minimum atomic E-state index is -0.675. The van der Waals surface area contributed by atoms with E-state index in [1.54, 1.807) is 6.20 Å². The lowest BCUT2D eigenvalue weighted by atomic mass is 9.80. The summed E-state index contributed by atoms with van der Waals surface area (Å²) >= 11 is 0. The van der Waals surface area contributed by atoms with Crippen LogP contribution in [0.15, 0.2) is 12.4 Å². The number of nitrogens with one attached hydrogen (secondary N) is 1. The van der Waals surface area contributed by atoms with Crippen molar-refractivity contribution in [2.75, 3.05) is 11.9 Å². The van der Waals surface area contributed by atoms with Gasteiger partial charge in [0.25, 0.3) is 0 Å². The molecule has 0 spiro atoms. The smallest absolute Gasteiger partial charge is 0.311 e. The fraction of sp³-hybridized carbons (Fsp3) is 0.692. The third kappa shape index (κ3) is 2.66. The van der Waals surface area contributed by atoms with E-state index in [1.807, 2.05) is 17.8 Å². The van der Waals surface area contributed by atoms with Crippen LogP contribution in [0, 0.1) is 5.41 Å². The second kappa shape index (κ2) is 5.42. The second-order valence-electron chi connectivity index (χ2n) is 5.22. The molecule has 0 atom stereocenters. The number of aromatic nitrogens is 2. The van der Waals surface area contributed by atoms with Crippen molar-refractivity contribution in [3.8, 4) is 0 Å². The van der Waals surface area contributed by atoms with E-state index in [2.05, 4.69) is 10.3 Å². The van der Waals surface area contributed by atoms with Crippen LogP contribution < -0.4 is 5.32 Å². The fourth-order valence-corrected chi connectivity index (χ4v) is 2.66. The Kier molecular flexibility index (Phi) is 3.89. The van der Waals surface area contributed by atoms with Crippen molar-refractivity contribution >= 4 is 11.9 Å². The summed E-state index contributed by atoms with van der Waals surface area (Å²) in [4.78, 5) is 15.8. The van der Waals surface area contributed by atoms with E-state index >= 15 is 0 Å². The van der Waals surface area contributed by atoms with Gasteiger partial charge in [0.05, 0.1) is 5.41 Å². The molecule has 1 saturated carbocycles. The Hall–Kier alpha value is -1.52. The lowest BCUT2D eigenvalue weighted by Crippen LogP contribution is -2.38. The zero-order valence-electron chi connectivity index (χ0n) is 10.9. The van der Waals surface area contributed by atoms with E-state index in [9.17, 15) is 9.90 Å². The summed E-state index contributed by atoms with van der Waals surface area (Å²) in [6.45, 7) is 0.465. The molecule has 18 heavy (non-hydrogen) atoms. The number of anilines is 1. The topological polar surface area (TPSA) is 67.2 Å². The Morgan fingerprint density at radius 1 is 1.44 bits per heavy atom. The van der Waals surface area contributed by atoms with Gasteiger partial charge in [-0.2, -0.15) is 0 Å². The number of rotatable bonds is 4. The van der Waals surface area contributed by atoms with Gasteiger partial charge in [-0.1, -0.05) is 25.7 Å². The molecule has 0 aliphatic heterocycles. The molecular weight excluding hydrogens is 230 g/mol. The Labute approximate surface area is 107 Å². The maximum absolute atomic E-state index is 11.6. The van der Waals surface area contributed by atoms with Crippen LogP contribution in [0.1, 0.15) is 38.5 Å². The van der Waals surface area contributed by atoms with E-state index in [1.165, 1.54) is 0 Å². The summed E-state index contributed by atoms with van der Waals surface area (Å²) < 4.78 is 1.87. The Balaban J connectivity index is 2.06. The standard InChI is InChI=1S/C13H21N3O2/c1-16-9-8-14-12(16)15-10-13(11(17)18)6-4-2-3-5-7-13/h8-9H,2-7,10H2,1H3,(H,14,15)(H,17,18). The summed E-state index contributed by atoms with van der Waals surface area (Å²) in [6.07, 6.45) is 9.41. The van der Waals surface area contributed by atoms with Gasteiger partial charge in [-0.15, -0.1) is 0 Å². The highest BCUT2D eigenvalue weighted by atomic mass is 16.4. The molecule has 0 aromatic carbocycles. The molecular formula is C13H21N3O2. The van der Waals surface area contributed by atoms with Crippen molar-refractivity contribution in [3.05, 3.63) is 12.4 Å². The van der Waals surface area contributed by atoms with Gasteiger partial charge in [0, 0.05) is 26.0 Å². The predicted molar refractivity (Wildman–Crippen MR) is 69.5 cm³/mol.